The van der Waals surface area contributed by atoms with Crippen LogP contribution in [0.4, 0.5) is 0 Å². The molecule has 0 aliphatic carbocycles. The van der Waals surface area contributed by atoms with Gasteiger partial charge in [0.2, 0.25) is 0 Å². The highest BCUT2D eigenvalue weighted by Gasteiger charge is 2.52. The van der Waals surface area contributed by atoms with E-state index >= 15 is 0 Å². The van der Waals surface area contributed by atoms with E-state index in [2.05, 4.69) is 166 Å². The molecule has 0 aliphatic rings. The Bertz CT molecular complexity index is 1180. The first-order valence-corrected chi connectivity index (χ1v) is 18.1. The monoisotopic (exact) mass is 580 g/mol. The maximum Gasteiger partial charge on any atom is -0.00895 e. The number of aryl methyl sites for hydroxylation is 4. The van der Waals surface area contributed by atoms with Crippen molar-refractivity contribution in [1.82, 2.24) is 0 Å². The molecule has 0 aliphatic heterocycles. The molecule has 0 N–H and O–H groups in total. The van der Waals surface area contributed by atoms with E-state index in [0.29, 0.717) is 23.2 Å². The molecule has 4 rings (SSSR count). The van der Waals surface area contributed by atoms with E-state index in [4.69, 9.17) is 0 Å². The van der Waals surface area contributed by atoms with Gasteiger partial charge in [-0.05, 0) is 93.3 Å². The van der Waals surface area contributed by atoms with Crippen molar-refractivity contribution in [3.63, 3.8) is 0 Å². The summed E-state index contributed by atoms with van der Waals surface area (Å²) in [6.45, 7) is 24.0. The number of rotatable bonds is 10. The molecule has 0 aromatic heterocycles. The van der Waals surface area contributed by atoms with Crippen LogP contribution in [0.3, 0.4) is 0 Å². The van der Waals surface area contributed by atoms with Gasteiger partial charge < -0.3 is 0 Å². The van der Waals surface area contributed by atoms with Gasteiger partial charge >= 0.3 is 0 Å². The lowest BCUT2D eigenvalue weighted by atomic mass is 9.64. The third-order valence-electron chi connectivity index (χ3n) is 9.47. The molecule has 2 unspecified atom stereocenters. The quantitative estimate of drug-likeness (QED) is 0.164. The summed E-state index contributed by atoms with van der Waals surface area (Å²) in [5.74, 6) is 1.04. The van der Waals surface area contributed by atoms with Crippen molar-refractivity contribution in [1.29, 1.82) is 0 Å². The smallest absolute Gasteiger partial charge is 0.00895 e. The fourth-order valence-corrected chi connectivity index (χ4v) is 14.3. The maximum absolute atomic E-state index is 2.60. The van der Waals surface area contributed by atoms with Crippen molar-refractivity contribution in [2.45, 2.75) is 80.6 Å². The van der Waals surface area contributed by atoms with Gasteiger partial charge in [0.25, 0.3) is 0 Å². The molecular weight excluding hydrogens is 530 g/mol. The summed E-state index contributed by atoms with van der Waals surface area (Å²) in [6, 6.07) is 37.8. The average molecular weight is 581 g/mol. The summed E-state index contributed by atoms with van der Waals surface area (Å²) < 4.78 is 0. The zero-order valence-corrected chi connectivity index (χ0v) is 28.7. The van der Waals surface area contributed by atoms with Crippen LogP contribution in [0.25, 0.3) is 0 Å². The van der Waals surface area contributed by atoms with Crippen molar-refractivity contribution in [2.75, 3.05) is 0 Å². The van der Waals surface area contributed by atoms with Crippen LogP contribution >= 0.6 is 15.8 Å². The van der Waals surface area contributed by atoms with Gasteiger partial charge in [-0.25, -0.2) is 0 Å². The highest BCUT2D eigenvalue weighted by molar-refractivity contribution is 7.74. The number of hydrogen-bond donors (Lipinski definition) is 0. The lowest BCUT2D eigenvalue weighted by Crippen LogP contribution is -2.52. The fourth-order valence-electron chi connectivity index (χ4n) is 7.41. The zero-order chi connectivity index (χ0) is 29.9. The molecule has 0 fully saturated rings. The lowest BCUT2D eigenvalue weighted by molar-refractivity contribution is 0.111. The van der Waals surface area contributed by atoms with Crippen molar-refractivity contribution in [3.8, 4) is 0 Å². The van der Waals surface area contributed by atoms with Crippen LogP contribution in [-0.4, -0.2) is 11.3 Å². The summed E-state index contributed by atoms with van der Waals surface area (Å²) in [6.07, 6.45) is 0. The summed E-state index contributed by atoms with van der Waals surface area (Å²) in [7, 11) is -1.17. The molecule has 0 radical (unpaired) electrons. The van der Waals surface area contributed by atoms with E-state index in [9.17, 15) is 0 Å². The van der Waals surface area contributed by atoms with E-state index in [1.165, 1.54) is 43.5 Å². The molecule has 0 bridgehead atoms. The van der Waals surface area contributed by atoms with E-state index in [1.54, 1.807) is 0 Å². The van der Waals surface area contributed by atoms with Crippen LogP contribution in [0.2, 0.25) is 0 Å². The predicted molar refractivity (Wildman–Crippen MR) is 188 cm³/mol. The zero-order valence-electron chi connectivity index (χ0n) is 26.9. The minimum Gasteiger partial charge on any atom is -0.0622 e. The van der Waals surface area contributed by atoms with E-state index in [-0.39, 0.29) is 5.41 Å². The molecule has 4 aromatic rings. The van der Waals surface area contributed by atoms with E-state index in [1.807, 2.05) is 0 Å². The first-order chi connectivity index (χ1) is 19.5. The topological polar surface area (TPSA) is 0 Å². The Hall–Kier alpha value is -2.26. The van der Waals surface area contributed by atoms with Gasteiger partial charge in [-0.3, -0.25) is 0 Å². The van der Waals surface area contributed by atoms with Gasteiger partial charge in [0.05, 0.1) is 0 Å². The fraction of sp³-hybridized carbons (Fsp3) is 0.385. The molecule has 4 aromatic carbocycles. The molecule has 0 heterocycles. The maximum atomic E-state index is 2.60. The van der Waals surface area contributed by atoms with Gasteiger partial charge in [0.15, 0.2) is 0 Å². The molecule has 216 valence electrons. The Kier molecular flexibility index (Phi) is 10.3. The third-order valence-corrected chi connectivity index (χ3v) is 15.3. The van der Waals surface area contributed by atoms with Crippen LogP contribution in [0.15, 0.2) is 97.1 Å². The van der Waals surface area contributed by atoms with Gasteiger partial charge in [0, 0.05) is 0 Å². The summed E-state index contributed by atoms with van der Waals surface area (Å²) in [4.78, 5) is 0. The summed E-state index contributed by atoms with van der Waals surface area (Å²) >= 11 is 0. The SMILES string of the molecule is Cc1ccc(P(c2ccc(C)cc2)C(C)C(C(C)C)(C(C)C)C(C)P(c2ccc(C)cc2)c2ccc(C)cc2)cc1. The minimum absolute atomic E-state index is 0.114. The second-order valence-corrected chi connectivity index (χ2v) is 17.8. The average Bonchev–Trinajstić information content (AvgIpc) is 2.93. The van der Waals surface area contributed by atoms with Gasteiger partial charge in [-0.1, -0.05) is 161 Å². The Balaban J connectivity index is 1.95. The minimum atomic E-state index is -0.585. The molecular formula is C39H50P2. The van der Waals surface area contributed by atoms with E-state index < -0.39 is 15.8 Å². The normalized spacial score (nSPS) is 13.8. The van der Waals surface area contributed by atoms with Gasteiger partial charge in [0.1, 0.15) is 0 Å². The molecule has 41 heavy (non-hydrogen) atoms. The third kappa shape index (κ3) is 6.56. The first kappa shape index (κ1) is 31.7. The molecule has 2 atom stereocenters. The molecule has 0 saturated carbocycles. The largest absolute Gasteiger partial charge is 0.0622 e. The number of hydrogen-bond acceptors (Lipinski definition) is 0. The van der Waals surface area contributed by atoms with Crippen LogP contribution < -0.4 is 21.2 Å². The van der Waals surface area contributed by atoms with Crippen molar-refractivity contribution >= 4 is 37.1 Å². The van der Waals surface area contributed by atoms with Gasteiger partial charge in [-0.15, -0.1) is 0 Å². The lowest BCUT2D eigenvalue weighted by Gasteiger charge is -2.55. The molecule has 0 nitrogen and oxygen atoms in total. The Labute approximate surface area is 253 Å². The summed E-state index contributed by atoms with van der Waals surface area (Å²) in [5.41, 5.74) is 6.40. The van der Waals surface area contributed by atoms with Crippen molar-refractivity contribution < 1.29 is 0 Å². The highest BCUT2D eigenvalue weighted by Crippen LogP contribution is 2.62. The summed E-state index contributed by atoms with van der Waals surface area (Å²) in [5, 5.41) is 5.98. The second kappa shape index (κ2) is 13.4. The van der Waals surface area contributed by atoms with E-state index in [0.717, 1.165) is 0 Å². The molecule has 0 amide bonds. The van der Waals surface area contributed by atoms with Crippen molar-refractivity contribution in [3.05, 3.63) is 119 Å². The van der Waals surface area contributed by atoms with Crippen molar-refractivity contribution in [2.24, 2.45) is 17.3 Å². The Morgan fingerprint density at radius 3 is 0.732 bits per heavy atom. The molecule has 0 spiro atoms. The van der Waals surface area contributed by atoms with Crippen LogP contribution in [0.1, 0.15) is 63.8 Å². The van der Waals surface area contributed by atoms with Crippen LogP contribution in [-0.2, 0) is 0 Å². The number of benzene rings is 4. The Morgan fingerprint density at radius 2 is 0.561 bits per heavy atom. The highest BCUT2D eigenvalue weighted by atomic mass is 31.1. The molecule has 2 heteroatoms. The molecule has 0 saturated heterocycles. The van der Waals surface area contributed by atoms with Crippen LogP contribution in [0, 0.1) is 44.9 Å². The predicted octanol–water partition coefficient (Wildman–Crippen LogP) is 9.56. The first-order valence-electron chi connectivity index (χ1n) is 15.3. The van der Waals surface area contributed by atoms with Crippen LogP contribution in [0.5, 0.6) is 0 Å². The van der Waals surface area contributed by atoms with Gasteiger partial charge in [-0.2, -0.15) is 0 Å². The standard InChI is InChI=1S/C39H50P2/c1-27(2)39(28(3)4,33(9)40(35-19-11-29(5)12-20-35)36-21-13-30(6)14-22-36)34(10)41(37-23-15-31(7)16-24-37)38-25-17-32(8)18-26-38/h11-28,33-34H,1-10H3. The second-order valence-electron chi connectivity index (χ2n) is 12.7. The Morgan fingerprint density at radius 1 is 0.366 bits per heavy atom.